The molecule has 2 heterocycles. The van der Waals surface area contributed by atoms with Gasteiger partial charge in [-0.15, -0.1) is 11.6 Å². The maximum atomic E-state index is 6.07. The fourth-order valence-corrected chi connectivity index (χ4v) is 3.20. The zero-order chi connectivity index (χ0) is 13.8. The van der Waals surface area contributed by atoms with Gasteiger partial charge in [0.1, 0.15) is 5.82 Å². The lowest BCUT2D eigenvalue weighted by Crippen LogP contribution is -2.25. The Bertz CT molecular complexity index is 421. The van der Waals surface area contributed by atoms with Crippen LogP contribution in [-0.2, 0) is 5.88 Å². The summed E-state index contributed by atoms with van der Waals surface area (Å²) in [6, 6.07) is 3.92. The van der Waals surface area contributed by atoms with Gasteiger partial charge in [-0.3, -0.25) is 0 Å². The first-order valence-electron chi connectivity index (χ1n) is 7.08. The second-order valence-corrected chi connectivity index (χ2v) is 6.33. The van der Waals surface area contributed by atoms with E-state index in [1.54, 1.807) is 0 Å². The number of aromatic nitrogens is 1. The number of pyridine rings is 1. The summed E-state index contributed by atoms with van der Waals surface area (Å²) in [6.45, 7) is 6.82. The molecule has 0 spiro atoms. The maximum Gasteiger partial charge on any atom is 0.128 e. The van der Waals surface area contributed by atoms with Gasteiger partial charge in [-0.05, 0) is 43.2 Å². The third-order valence-corrected chi connectivity index (χ3v) is 4.67. The van der Waals surface area contributed by atoms with Gasteiger partial charge in [-0.1, -0.05) is 25.4 Å². The summed E-state index contributed by atoms with van der Waals surface area (Å²) in [4.78, 5) is 6.96. The molecule has 1 saturated heterocycles. The van der Waals surface area contributed by atoms with Gasteiger partial charge in [-0.2, -0.15) is 0 Å². The smallest absolute Gasteiger partial charge is 0.128 e. The van der Waals surface area contributed by atoms with Crippen molar-refractivity contribution >= 4 is 29.0 Å². The van der Waals surface area contributed by atoms with Gasteiger partial charge in [0.2, 0.25) is 0 Å². The molecule has 1 atom stereocenters. The lowest BCUT2D eigenvalue weighted by Gasteiger charge is -2.23. The molecule has 1 aliphatic heterocycles. The minimum Gasteiger partial charge on any atom is -0.357 e. The number of nitrogens with zero attached hydrogens (tertiary/aromatic N) is 2. The molecule has 2 nitrogen and oxygen atoms in total. The number of halogens is 2. The van der Waals surface area contributed by atoms with Gasteiger partial charge in [-0.25, -0.2) is 4.98 Å². The van der Waals surface area contributed by atoms with Crippen LogP contribution in [0.25, 0.3) is 0 Å². The molecular weight excluding hydrogens is 279 g/mol. The van der Waals surface area contributed by atoms with Gasteiger partial charge < -0.3 is 4.90 Å². The second kappa shape index (κ2) is 6.81. The topological polar surface area (TPSA) is 16.1 Å². The van der Waals surface area contributed by atoms with E-state index in [0.717, 1.165) is 36.4 Å². The largest absolute Gasteiger partial charge is 0.357 e. The van der Waals surface area contributed by atoms with Crippen LogP contribution in [0.15, 0.2) is 12.1 Å². The third-order valence-electron chi connectivity index (χ3n) is 4.07. The molecule has 19 heavy (non-hydrogen) atoms. The fraction of sp³-hybridized carbons (Fsp3) is 0.667. The molecule has 1 aliphatic rings. The van der Waals surface area contributed by atoms with Crippen LogP contribution in [0.1, 0.15) is 38.8 Å². The van der Waals surface area contributed by atoms with Crippen molar-refractivity contribution in [3.05, 3.63) is 22.8 Å². The molecule has 0 saturated carbocycles. The van der Waals surface area contributed by atoms with Crippen LogP contribution >= 0.6 is 23.2 Å². The van der Waals surface area contributed by atoms with Gasteiger partial charge in [0.15, 0.2) is 0 Å². The molecule has 106 valence electrons. The Hall–Kier alpha value is -0.470. The van der Waals surface area contributed by atoms with E-state index in [1.165, 1.54) is 19.3 Å². The molecule has 4 heteroatoms. The average Bonchev–Trinajstić information content (AvgIpc) is 2.65. The third kappa shape index (κ3) is 3.76. The monoisotopic (exact) mass is 300 g/mol. The van der Waals surface area contributed by atoms with Crippen molar-refractivity contribution in [2.45, 2.75) is 39.0 Å². The highest BCUT2D eigenvalue weighted by Crippen LogP contribution is 2.27. The zero-order valence-electron chi connectivity index (χ0n) is 11.7. The molecule has 1 aromatic rings. The van der Waals surface area contributed by atoms with Gasteiger partial charge in [0, 0.05) is 13.1 Å². The normalized spacial score (nSPS) is 20.7. The minimum absolute atomic E-state index is 0.370. The Morgan fingerprint density at radius 1 is 1.32 bits per heavy atom. The van der Waals surface area contributed by atoms with Crippen molar-refractivity contribution in [1.29, 1.82) is 0 Å². The summed E-state index contributed by atoms with van der Waals surface area (Å²) < 4.78 is 0. The zero-order valence-corrected chi connectivity index (χ0v) is 13.2. The van der Waals surface area contributed by atoms with Crippen LogP contribution in [0, 0.1) is 11.8 Å². The molecule has 2 rings (SSSR count). The Morgan fingerprint density at radius 2 is 2.11 bits per heavy atom. The van der Waals surface area contributed by atoms with Gasteiger partial charge in [0.05, 0.1) is 16.6 Å². The van der Waals surface area contributed by atoms with E-state index in [-0.39, 0.29) is 0 Å². The van der Waals surface area contributed by atoms with E-state index in [2.05, 4.69) is 23.7 Å². The van der Waals surface area contributed by atoms with E-state index in [0.29, 0.717) is 10.9 Å². The van der Waals surface area contributed by atoms with Crippen LogP contribution in [0.4, 0.5) is 5.82 Å². The van der Waals surface area contributed by atoms with Crippen molar-refractivity contribution in [2.75, 3.05) is 18.0 Å². The molecule has 0 bridgehead atoms. The summed E-state index contributed by atoms with van der Waals surface area (Å²) in [5.41, 5.74) is 0.783. The first-order valence-corrected chi connectivity index (χ1v) is 7.99. The minimum atomic E-state index is 0.370. The maximum absolute atomic E-state index is 6.07. The number of rotatable bonds is 3. The Balaban J connectivity index is 2.09. The molecule has 0 radical (unpaired) electrons. The first kappa shape index (κ1) is 14.9. The first-order chi connectivity index (χ1) is 9.11. The average molecular weight is 301 g/mol. The molecule has 0 amide bonds. The van der Waals surface area contributed by atoms with Crippen molar-refractivity contribution in [2.24, 2.45) is 11.8 Å². The Labute approximate surface area is 126 Å². The Morgan fingerprint density at radius 3 is 2.79 bits per heavy atom. The summed E-state index contributed by atoms with van der Waals surface area (Å²) in [7, 11) is 0. The van der Waals surface area contributed by atoms with E-state index in [1.807, 2.05) is 12.1 Å². The van der Waals surface area contributed by atoms with Crippen molar-refractivity contribution in [3.8, 4) is 0 Å². The molecule has 0 N–H and O–H groups in total. The standard InChI is InChI=1S/C15H22Cl2N2/c1-11(2)12-4-3-8-19(9-7-12)15-6-5-13(17)14(10-16)18-15/h5-6,11-12H,3-4,7-10H2,1-2H3. The predicted octanol–water partition coefficient (Wildman–Crippen LogP) is 4.74. The van der Waals surface area contributed by atoms with Crippen molar-refractivity contribution in [1.82, 2.24) is 4.98 Å². The molecule has 0 aliphatic carbocycles. The highest BCUT2D eigenvalue weighted by molar-refractivity contribution is 6.32. The van der Waals surface area contributed by atoms with Crippen LogP contribution in [0.3, 0.4) is 0 Å². The Kier molecular flexibility index (Phi) is 5.35. The van der Waals surface area contributed by atoms with Gasteiger partial charge in [0.25, 0.3) is 0 Å². The number of hydrogen-bond acceptors (Lipinski definition) is 2. The number of alkyl halides is 1. The second-order valence-electron chi connectivity index (χ2n) is 5.65. The molecule has 1 fully saturated rings. The van der Waals surface area contributed by atoms with E-state index < -0.39 is 0 Å². The highest BCUT2D eigenvalue weighted by Gasteiger charge is 2.20. The molecule has 0 aromatic carbocycles. The predicted molar refractivity (Wildman–Crippen MR) is 83.2 cm³/mol. The summed E-state index contributed by atoms with van der Waals surface area (Å²) in [5.74, 6) is 3.00. The molecule has 1 aromatic heterocycles. The van der Waals surface area contributed by atoms with Crippen LogP contribution in [0.5, 0.6) is 0 Å². The molecule has 1 unspecified atom stereocenters. The lowest BCUT2D eigenvalue weighted by atomic mass is 9.89. The van der Waals surface area contributed by atoms with E-state index in [4.69, 9.17) is 23.2 Å². The van der Waals surface area contributed by atoms with Crippen LogP contribution in [-0.4, -0.2) is 18.1 Å². The number of anilines is 1. The highest BCUT2D eigenvalue weighted by atomic mass is 35.5. The quantitative estimate of drug-likeness (QED) is 0.750. The van der Waals surface area contributed by atoms with Crippen molar-refractivity contribution in [3.63, 3.8) is 0 Å². The lowest BCUT2D eigenvalue weighted by molar-refractivity contribution is 0.351. The van der Waals surface area contributed by atoms with E-state index in [9.17, 15) is 0 Å². The van der Waals surface area contributed by atoms with Gasteiger partial charge >= 0.3 is 0 Å². The fourth-order valence-electron chi connectivity index (χ4n) is 2.76. The summed E-state index contributed by atoms with van der Waals surface area (Å²) in [5, 5.41) is 0.661. The van der Waals surface area contributed by atoms with Crippen molar-refractivity contribution < 1.29 is 0 Å². The van der Waals surface area contributed by atoms with Crippen LogP contribution < -0.4 is 4.90 Å². The van der Waals surface area contributed by atoms with E-state index >= 15 is 0 Å². The summed E-state index contributed by atoms with van der Waals surface area (Å²) in [6.07, 6.45) is 3.81. The molecular formula is C15H22Cl2N2. The summed E-state index contributed by atoms with van der Waals surface area (Å²) >= 11 is 11.9. The van der Waals surface area contributed by atoms with Crippen LogP contribution in [0.2, 0.25) is 5.02 Å². The number of hydrogen-bond donors (Lipinski definition) is 0. The SMILES string of the molecule is CC(C)C1CCCN(c2ccc(Cl)c(CCl)n2)CC1.